The number of alkyl halides is 2. The quantitative estimate of drug-likeness (QED) is 0.636. The first kappa shape index (κ1) is 23.9. The van der Waals surface area contributed by atoms with Gasteiger partial charge in [0.25, 0.3) is 5.92 Å². The van der Waals surface area contributed by atoms with E-state index in [2.05, 4.69) is 43.2 Å². The molecule has 0 bridgehead atoms. The second-order valence-corrected chi connectivity index (χ2v) is 10.9. The van der Waals surface area contributed by atoms with Crippen LogP contribution in [-0.4, -0.2) is 71.5 Å². The Morgan fingerprint density at radius 2 is 2.00 bits per heavy atom. The van der Waals surface area contributed by atoms with Gasteiger partial charge in [0.15, 0.2) is 0 Å². The summed E-state index contributed by atoms with van der Waals surface area (Å²) in [6.45, 7) is 5.19. The van der Waals surface area contributed by atoms with Crippen LogP contribution in [0.5, 0.6) is 0 Å². The number of piperidine rings is 1. The summed E-state index contributed by atoms with van der Waals surface area (Å²) in [7, 11) is 4.07. The number of nitrogens with one attached hydrogen (secondary N) is 1. The Balaban J connectivity index is 1.31. The van der Waals surface area contributed by atoms with E-state index in [0.29, 0.717) is 38.4 Å². The molecule has 9 heteroatoms. The molecule has 7 nitrogen and oxygen atoms in total. The van der Waals surface area contributed by atoms with Crippen LogP contribution >= 0.6 is 0 Å². The minimum Gasteiger partial charge on any atom is -0.352 e. The molecule has 1 atom stereocenters. The van der Waals surface area contributed by atoms with Crippen LogP contribution in [-0.2, 0) is 6.54 Å². The van der Waals surface area contributed by atoms with Crippen LogP contribution in [0.3, 0.4) is 0 Å². The highest BCUT2D eigenvalue weighted by molar-refractivity contribution is 5.59. The molecule has 1 aromatic heterocycles. The molecule has 35 heavy (non-hydrogen) atoms. The highest BCUT2D eigenvalue weighted by Crippen LogP contribution is 2.65. The molecule has 5 rings (SSSR count). The Bertz CT molecular complexity index is 1140. The predicted molar refractivity (Wildman–Crippen MR) is 132 cm³/mol. The number of hydrogen-bond acceptors (Lipinski definition) is 7. The monoisotopic (exact) mass is 481 g/mol. The van der Waals surface area contributed by atoms with Crippen molar-refractivity contribution in [1.82, 2.24) is 19.8 Å². The van der Waals surface area contributed by atoms with Crippen molar-refractivity contribution in [3.05, 3.63) is 41.6 Å². The Hall–Kier alpha value is -2.83. The number of hydrogen-bond donors (Lipinski definition) is 1. The average Bonchev–Trinajstić information content (AvgIpc) is 3.29. The summed E-state index contributed by atoms with van der Waals surface area (Å²) in [6, 6.07) is 10.5. The molecule has 3 heterocycles. The molecule has 2 aromatic rings. The van der Waals surface area contributed by atoms with E-state index in [4.69, 9.17) is 4.98 Å². The molecule has 0 radical (unpaired) electrons. The predicted octanol–water partition coefficient (Wildman–Crippen LogP) is 4.18. The fourth-order valence-electron chi connectivity index (χ4n) is 5.80. The van der Waals surface area contributed by atoms with Crippen molar-refractivity contribution in [2.75, 3.05) is 50.5 Å². The molecule has 1 aromatic carbocycles. The SMILES string of the molecule is Cc1cnc(Nc2cccc(CN(C)C)c2)nc1N1CC(CC#N)(N2CCCC3(C2)CC3(F)F)C1. The normalized spacial score (nSPS) is 24.8. The summed E-state index contributed by atoms with van der Waals surface area (Å²) < 4.78 is 28.2. The Morgan fingerprint density at radius 1 is 1.23 bits per heavy atom. The summed E-state index contributed by atoms with van der Waals surface area (Å²) in [4.78, 5) is 15.7. The lowest BCUT2D eigenvalue weighted by molar-refractivity contribution is -0.0259. The number of nitriles is 1. The molecule has 2 saturated heterocycles. The van der Waals surface area contributed by atoms with Crippen molar-refractivity contribution < 1.29 is 8.78 Å². The molecule has 1 unspecified atom stereocenters. The number of aryl methyl sites for hydroxylation is 1. The minimum absolute atomic E-state index is 0.0152. The van der Waals surface area contributed by atoms with Gasteiger partial charge in [0, 0.05) is 50.0 Å². The molecule has 2 aliphatic heterocycles. The fraction of sp³-hybridized carbons (Fsp3) is 0.577. The summed E-state index contributed by atoms with van der Waals surface area (Å²) >= 11 is 0. The molecule has 186 valence electrons. The zero-order valence-electron chi connectivity index (χ0n) is 20.7. The zero-order chi connectivity index (χ0) is 24.8. The van der Waals surface area contributed by atoms with Gasteiger partial charge in [-0.1, -0.05) is 12.1 Å². The van der Waals surface area contributed by atoms with Gasteiger partial charge in [0.1, 0.15) is 5.82 Å². The maximum Gasteiger partial charge on any atom is 0.255 e. The van der Waals surface area contributed by atoms with E-state index in [0.717, 1.165) is 36.6 Å². The summed E-state index contributed by atoms with van der Waals surface area (Å²) in [6.07, 6.45) is 3.46. The first-order valence-corrected chi connectivity index (χ1v) is 12.2. The first-order valence-electron chi connectivity index (χ1n) is 12.2. The number of nitrogens with zero attached hydrogens (tertiary/aromatic N) is 6. The standard InChI is InChI=1S/C26H33F2N7/c1-19-13-30-23(31-21-7-4-6-20(12-21)14-33(2)3)32-22(19)34-17-25(18-34,9-10-29)35-11-5-8-24(16-35)15-26(24,27)28/h4,6-7,12-13H,5,8-9,11,14-18H2,1-3H3,(H,30,31,32). The molecule has 1 saturated carbocycles. The van der Waals surface area contributed by atoms with Crippen molar-refractivity contribution in [1.29, 1.82) is 5.26 Å². The maximum absolute atomic E-state index is 14.1. The van der Waals surface area contributed by atoms with Crippen molar-refractivity contribution in [2.24, 2.45) is 5.41 Å². The lowest BCUT2D eigenvalue weighted by Crippen LogP contribution is -2.72. The van der Waals surface area contributed by atoms with Crippen LogP contribution in [0, 0.1) is 23.7 Å². The molecular formula is C26H33F2N7. The van der Waals surface area contributed by atoms with E-state index in [1.165, 1.54) is 5.56 Å². The van der Waals surface area contributed by atoms with Gasteiger partial charge in [0.05, 0.1) is 23.4 Å². The third kappa shape index (κ3) is 4.45. The number of aromatic nitrogens is 2. The molecule has 0 amide bonds. The number of halogens is 2. The van der Waals surface area contributed by atoms with Gasteiger partial charge < -0.3 is 15.1 Å². The highest BCUT2D eigenvalue weighted by Gasteiger charge is 2.72. The van der Waals surface area contributed by atoms with E-state index in [-0.39, 0.29) is 6.42 Å². The van der Waals surface area contributed by atoms with E-state index < -0.39 is 16.9 Å². The molecule has 3 fully saturated rings. The number of rotatable bonds is 7. The van der Waals surface area contributed by atoms with Crippen LogP contribution in [0.25, 0.3) is 0 Å². The average molecular weight is 482 g/mol. The largest absolute Gasteiger partial charge is 0.352 e. The summed E-state index contributed by atoms with van der Waals surface area (Å²) in [5, 5.41) is 12.9. The van der Waals surface area contributed by atoms with Gasteiger partial charge in [-0.05, 0) is 58.1 Å². The van der Waals surface area contributed by atoms with Gasteiger partial charge in [-0.25, -0.2) is 13.8 Å². The van der Waals surface area contributed by atoms with E-state index in [1.807, 2.05) is 33.2 Å². The van der Waals surface area contributed by atoms with Gasteiger partial charge >= 0.3 is 0 Å². The van der Waals surface area contributed by atoms with Crippen molar-refractivity contribution >= 4 is 17.5 Å². The molecule has 1 spiro atoms. The van der Waals surface area contributed by atoms with Crippen LogP contribution in [0.2, 0.25) is 0 Å². The summed E-state index contributed by atoms with van der Waals surface area (Å²) in [5.41, 5.74) is 1.79. The van der Waals surface area contributed by atoms with Crippen LogP contribution in [0.4, 0.5) is 26.2 Å². The lowest BCUT2D eigenvalue weighted by Gasteiger charge is -2.57. The fourth-order valence-corrected chi connectivity index (χ4v) is 5.80. The van der Waals surface area contributed by atoms with Crippen LogP contribution in [0.1, 0.15) is 36.8 Å². The van der Waals surface area contributed by atoms with Crippen LogP contribution in [0.15, 0.2) is 30.5 Å². The smallest absolute Gasteiger partial charge is 0.255 e. The van der Waals surface area contributed by atoms with E-state index >= 15 is 0 Å². The second kappa shape index (κ2) is 8.68. The zero-order valence-corrected chi connectivity index (χ0v) is 20.7. The van der Waals surface area contributed by atoms with Gasteiger partial charge in [-0.3, -0.25) is 4.90 Å². The number of anilines is 3. The van der Waals surface area contributed by atoms with Crippen molar-refractivity contribution in [3.8, 4) is 6.07 Å². The second-order valence-electron chi connectivity index (χ2n) is 10.9. The molecule has 3 aliphatic rings. The summed E-state index contributed by atoms with van der Waals surface area (Å²) in [5.74, 6) is -1.22. The van der Waals surface area contributed by atoms with Crippen molar-refractivity contribution in [3.63, 3.8) is 0 Å². The van der Waals surface area contributed by atoms with E-state index in [1.54, 1.807) is 6.20 Å². The third-order valence-electron chi connectivity index (χ3n) is 7.76. The van der Waals surface area contributed by atoms with Gasteiger partial charge in [-0.15, -0.1) is 0 Å². The van der Waals surface area contributed by atoms with Gasteiger partial charge in [-0.2, -0.15) is 10.2 Å². The highest BCUT2D eigenvalue weighted by atomic mass is 19.3. The Morgan fingerprint density at radius 3 is 2.69 bits per heavy atom. The van der Waals surface area contributed by atoms with Crippen molar-refractivity contribution in [2.45, 2.75) is 50.6 Å². The maximum atomic E-state index is 14.1. The molecular weight excluding hydrogens is 448 g/mol. The first-order chi connectivity index (χ1) is 16.7. The number of benzene rings is 1. The van der Waals surface area contributed by atoms with E-state index in [9.17, 15) is 14.0 Å². The topological polar surface area (TPSA) is 71.3 Å². The molecule has 1 N–H and O–H groups in total. The van der Waals surface area contributed by atoms with Crippen LogP contribution < -0.4 is 10.2 Å². The molecule has 1 aliphatic carbocycles. The number of likely N-dealkylation sites (tertiary alicyclic amines) is 1. The third-order valence-corrected chi connectivity index (χ3v) is 7.76. The minimum atomic E-state index is -2.56. The lowest BCUT2D eigenvalue weighted by atomic mass is 9.80. The Kier molecular flexibility index (Phi) is 5.93. The Labute approximate surface area is 205 Å². The van der Waals surface area contributed by atoms with Gasteiger partial charge in [0.2, 0.25) is 5.95 Å².